The summed E-state index contributed by atoms with van der Waals surface area (Å²) in [5.74, 6) is -2.86. The third kappa shape index (κ3) is 8.71. The van der Waals surface area contributed by atoms with Crippen molar-refractivity contribution in [2.75, 3.05) is 13.2 Å². The monoisotopic (exact) mass is 452 g/mol. The van der Waals surface area contributed by atoms with Gasteiger partial charge in [-0.1, -0.05) is 22.9 Å². The number of ether oxygens (including phenoxy) is 2. The third-order valence-corrected chi connectivity index (χ3v) is 3.72. The molecule has 0 spiro atoms. The normalized spacial score (nSPS) is 14.4. The molecule has 2 amide bonds. The van der Waals surface area contributed by atoms with Crippen LogP contribution in [0.4, 0.5) is 0 Å². The van der Waals surface area contributed by atoms with Crippen molar-refractivity contribution in [1.82, 2.24) is 10.6 Å². The number of alkyl halides is 1. The minimum Gasteiger partial charge on any atom is -0.460 e. The standard InChI is InChI=1S/C16H24B3BrN2O6/c1-13(2,21-9(23)15(5,17)18)11(25)27-7-8-28-12(26)14(3,4)22-10(24)16(6,19)20/h7-8H2,1-6H3,(H,21,23)(H,22,24). The summed E-state index contributed by atoms with van der Waals surface area (Å²) >= 11 is 2.98. The lowest BCUT2D eigenvalue weighted by atomic mass is 9.55. The maximum absolute atomic E-state index is 12.1. The van der Waals surface area contributed by atoms with Crippen LogP contribution >= 0.6 is 15.9 Å². The first-order chi connectivity index (χ1) is 12.3. The number of esters is 2. The molecule has 6 radical (unpaired) electrons. The van der Waals surface area contributed by atoms with Crippen molar-refractivity contribution in [2.24, 2.45) is 0 Å². The van der Waals surface area contributed by atoms with Crippen molar-refractivity contribution in [3.8, 4) is 0 Å². The number of carbonyl (C=O) groups excluding carboxylic acids is 4. The Morgan fingerprint density at radius 1 is 0.750 bits per heavy atom. The maximum Gasteiger partial charge on any atom is 0.331 e. The van der Waals surface area contributed by atoms with Gasteiger partial charge in [0.05, 0.1) is 19.9 Å². The topological polar surface area (TPSA) is 111 Å². The van der Waals surface area contributed by atoms with Gasteiger partial charge in [0.1, 0.15) is 32.1 Å². The van der Waals surface area contributed by atoms with Gasteiger partial charge in [-0.15, -0.1) is 0 Å². The first-order valence-electron chi connectivity index (χ1n) is 8.36. The van der Waals surface area contributed by atoms with E-state index in [9.17, 15) is 19.2 Å². The highest BCUT2D eigenvalue weighted by atomic mass is 79.9. The Morgan fingerprint density at radius 2 is 1.07 bits per heavy atom. The van der Waals surface area contributed by atoms with Crippen LogP contribution in [0.25, 0.3) is 0 Å². The van der Waals surface area contributed by atoms with Gasteiger partial charge in [-0.05, 0) is 39.8 Å². The molecule has 150 valence electrons. The number of carbonyl (C=O) groups is 4. The van der Waals surface area contributed by atoms with E-state index in [4.69, 9.17) is 33.0 Å². The van der Waals surface area contributed by atoms with Crippen LogP contribution in [0.15, 0.2) is 0 Å². The zero-order chi connectivity index (χ0) is 22.6. The zero-order valence-corrected chi connectivity index (χ0v) is 18.6. The lowest BCUT2D eigenvalue weighted by molar-refractivity contribution is -0.160. The molecule has 0 saturated carbocycles. The van der Waals surface area contributed by atoms with Gasteiger partial charge in [0.25, 0.3) is 0 Å². The van der Waals surface area contributed by atoms with Crippen LogP contribution in [0.2, 0.25) is 5.21 Å². The van der Waals surface area contributed by atoms with Crippen molar-refractivity contribution in [2.45, 2.75) is 62.1 Å². The fourth-order valence-corrected chi connectivity index (χ4v) is 1.66. The van der Waals surface area contributed by atoms with Gasteiger partial charge in [-0.2, -0.15) is 0 Å². The van der Waals surface area contributed by atoms with E-state index in [0.29, 0.717) is 0 Å². The van der Waals surface area contributed by atoms with E-state index < -0.39 is 44.3 Å². The number of amides is 2. The molecule has 0 aromatic carbocycles. The minimum absolute atomic E-state index is 0.256. The first kappa shape index (κ1) is 26.6. The second-order valence-electron chi connectivity index (χ2n) is 7.79. The predicted molar refractivity (Wildman–Crippen MR) is 109 cm³/mol. The maximum atomic E-state index is 12.1. The van der Waals surface area contributed by atoms with Crippen LogP contribution < -0.4 is 10.6 Å². The molecule has 8 nitrogen and oxygen atoms in total. The quantitative estimate of drug-likeness (QED) is 0.213. The fraction of sp³-hybridized carbons (Fsp3) is 0.750. The van der Waals surface area contributed by atoms with Gasteiger partial charge < -0.3 is 20.1 Å². The van der Waals surface area contributed by atoms with Crippen LogP contribution in [-0.2, 0) is 28.7 Å². The lowest BCUT2D eigenvalue weighted by Crippen LogP contribution is -2.55. The van der Waals surface area contributed by atoms with Crippen LogP contribution in [0.5, 0.6) is 0 Å². The molecule has 28 heavy (non-hydrogen) atoms. The third-order valence-electron chi connectivity index (χ3n) is 3.36. The Labute approximate surface area is 178 Å². The van der Waals surface area contributed by atoms with Gasteiger partial charge >= 0.3 is 11.9 Å². The average molecular weight is 453 g/mol. The molecule has 0 rings (SSSR count). The molecule has 1 unspecified atom stereocenters. The predicted octanol–water partition coefficient (Wildman–Crippen LogP) is -0.385. The summed E-state index contributed by atoms with van der Waals surface area (Å²) in [7, 11) is 16.5. The molecule has 0 fully saturated rings. The molecule has 0 heterocycles. The van der Waals surface area contributed by atoms with Crippen molar-refractivity contribution in [1.29, 1.82) is 0 Å². The Bertz CT molecular complexity index is 573. The van der Waals surface area contributed by atoms with Crippen molar-refractivity contribution >= 4 is 63.2 Å². The molecule has 12 heteroatoms. The molecule has 0 aromatic rings. The largest absolute Gasteiger partial charge is 0.460 e. The second-order valence-corrected chi connectivity index (χ2v) is 9.44. The molecule has 0 bridgehead atoms. The SMILES string of the molecule is [B]C([B])(C)C(=O)NC(C)(C)C(=O)OCCOC(=O)C(C)(C)NC(=O)C([B])(C)Br. The number of rotatable bonds is 9. The average Bonchev–Trinajstić information content (AvgIpc) is 2.48. The smallest absolute Gasteiger partial charge is 0.331 e. The molecular weight excluding hydrogens is 429 g/mol. The van der Waals surface area contributed by atoms with Crippen molar-refractivity contribution in [3.63, 3.8) is 0 Å². The van der Waals surface area contributed by atoms with Gasteiger partial charge in [0.15, 0.2) is 0 Å². The lowest BCUT2D eigenvalue weighted by Gasteiger charge is -2.29. The van der Waals surface area contributed by atoms with Gasteiger partial charge in [-0.25, -0.2) is 9.59 Å². The summed E-state index contributed by atoms with van der Waals surface area (Å²) in [5.41, 5.74) is -2.74. The van der Waals surface area contributed by atoms with E-state index in [1.165, 1.54) is 41.5 Å². The number of hydrogen-bond donors (Lipinski definition) is 2. The summed E-state index contributed by atoms with van der Waals surface area (Å²) in [6, 6.07) is 0. The molecule has 1 atom stereocenters. The van der Waals surface area contributed by atoms with E-state index in [2.05, 4.69) is 26.6 Å². The highest BCUT2D eigenvalue weighted by molar-refractivity contribution is 9.10. The molecule has 2 N–H and O–H groups in total. The number of hydrogen-bond acceptors (Lipinski definition) is 6. The Kier molecular flexibility index (Phi) is 8.88. The summed E-state index contributed by atoms with van der Waals surface area (Å²) in [6.45, 7) is 7.88. The van der Waals surface area contributed by atoms with Crippen LogP contribution in [-0.4, -0.2) is 75.8 Å². The molecule has 0 aromatic heterocycles. The van der Waals surface area contributed by atoms with Gasteiger partial charge in [0, 0.05) is 0 Å². The van der Waals surface area contributed by atoms with Crippen molar-refractivity contribution in [3.05, 3.63) is 0 Å². The van der Waals surface area contributed by atoms with E-state index in [0.717, 1.165) is 0 Å². The van der Waals surface area contributed by atoms with E-state index in [1.807, 2.05) is 0 Å². The van der Waals surface area contributed by atoms with Gasteiger partial charge in [0.2, 0.25) is 11.8 Å². The molecule has 0 aliphatic heterocycles. The second kappa shape index (κ2) is 9.37. The number of nitrogens with one attached hydrogen (secondary N) is 2. The Hall–Kier alpha value is -1.45. The van der Waals surface area contributed by atoms with Gasteiger partial charge in [-0.3, -0.25) is 9.59 Å². The minimum atomic E-state index is -1.65. The summed E-state index contributed by atoms with van der Waals surface area (Å²) in [5, 5.41) is 3.16. The molecule has 0 saturated heterocycles. The summed E-state index contributed by atoms with van der Waals surface area (Å²) in [4.78, 5) is 47.8. The van der Waals surface area contributed by atoms with E-state index in [-0.39, 0.29) is 13.2 Å². The number of halogens is 1. The van der Waals surface area contributed by atoms with Crippen molar-refractivity contribution < 1.29 is 28.7 Å². The van der Waals surface area contributed by atoms with E-state index >= 15 is 0 Å². The van der Waals surface area contributed by atoms with E-state index in [1.54, 1.807) is 0 Å². The Balaban J connectivity index is 4.54. The molecular formula is C16H24B3BrN2O6. The molecule has 0 aliphatic carbocycles. The summed E-state index contributed by atoms with van der Waals surface area (Å²) in [6.07, 6.45) is 0. The van der Waals surface area contributed by atoms with Crippen LogP contribution in [0, 0.1) is 0 Å². The zero-order valence-electron chi connectivity index (χ0n) is 17.0. The Morgan fingerprint density at radius 3 is 1.36 bits per heavy atom. The van der Waals surface area contributed by atoms with Crippen LogP contribution in [0.3, 0.4) is 0 Å². The van der Waals surface area contributed by atoms with Crippen LogP contribution in [0.1, 0.15) is 41.5 Å². The first-order valence-corrected chi connectivity index (χ1v) is 9.15. The fourth-order valence-electron chi connectivity index (χ4n) is 1.56. The highest BCUT2D eigenvalue weighted by Gasteiger charge is 2.36. The molecule has 0 aliphatic rings. The highest BCUT2D eigenvalue weighted by Crippen LogP contribution is 2.17. The summed E-state index contributed by atoms with van der Waals surface area (Å²) < 4.78 is 8.65.